The first-order valence-corrected chi connectivity index (χ1v) is 8.08. The van der Waals surface area contributed by atoms with E-state index in [1.54, 1.807) is 29.9 Å². The molecule has 9 heteroatoms. The molecule has 2 N–H and O–H groups in total. The van der Waals surface area contributed by atoms with Crippen LogP contribution in [0.1, 0.15) is 41.9 Å². The van der Waals surface area contributed by atoms with Crippen LogP contribution in [-0.2, 0) is 23.2 Å². The van der Waals surface area contributed by atoms with Gasteiger partial charge in [0, 0.05) is 38.2 Å². The predicted molar refractivity (Wildman–Crippen MR) is 93.3 cm³/mol. The number of carbonyl (C=O) groups excluding carboxylic acids is 2. The number of aromatic nitrogens is 2. The molecule has 0 fully saturated rings. The van der Waals surface area contributed by atoms with Crippen LogP contribution in [0.5, 0.6) is 0 Å². The van der Waals surface area contributed by atoms with E-state index in [0.29, 0.717) is 30.0 Å². The van der Waals surface area contributed by atoms with Crippen LogP contribution >= 0.6 is 0 Å². The van der Waals surface area contributed by atoms with Crippen LogP contribution in [-0.4, -0.2) is 26.2 Å². The summed E-state index contributed by atoms with van der Waals surface area (Å²) >= 11 is 0. The Morgan fingerprint density at radius 1 is 1.23 bits per heavy atom. The fourth-order valence-corrected chi connectivity index (χ4v) is 2.37. The van der Waals surface area contributed by atoms with Gasteiger partial charge in [0.1, 0.15) is 12.4 Å². The first kappa shape index (κ1) is 19.1. The van der Waals surface area contributed by atoms with Crippen molar-refractivity contribution in [2.24, 2.45) is 7.05 Å². The summed E-state index contributed by atoms with van der Waals surface area (Å²) in [7, 11) is 1.70. The summed E-state index contributed by atoms with van der Waals surface area (Å²) in [6.07, 6.45) is 3.11. The van der Waals surface area contributed by atoms with Crippen molar-refractivity contribution in [2.75, 3.05) is 5.73 Å². The van der Waals surface area contributed by atoms with E-state index in [1.165, 1.54) is 12.1 Å². The van der Waals surface area contributed by atoms with Crippen molar-refractivity contribution < 1.29 is 19.2 Å². The minimum atomic E-state index is -0.490. The molecule has 26 heavy (non-hydrogen) atoms. The summed E-state index contributed by atoms with van der Waals surface area (Å²) in [6.45, 7) is 0.0578. The van der Waals surface area contributed by atoms with E-state index in [9.17, 15) is 19.7 Å². The largest absolute Gasteiger partial charge is 0.461 e. The maximum atomic E-state index is 12.0. The zero-order valence-electron chi connectivity index (χ0n) is 14.4. The highest BCUT2D eigenvalue weighted by Gasteiger charge is 2.13. The van der Waals surface area contributed by atoms with Crippen LogP contribution < -0.4 is 5.73 Å². The number of benzene rings is 1. The molecule has 0 bridgehead atoms. The van der Waals surface area contributed by atoms with Gasteiger partial charge in [-0.15, -0.1) is 0 Å². The van der Waals surface area contributed by atoms with Crippen LogP contribution in [0, 0.1) is 10.1 Å². The quantitative estimate of drug-likeness (QED) is 0.239. The minimum Gasteiger partial charge on any atom is -0.461 e. The maximum Gasteiger partial charge on any atom is 0.306 e. The molecular formula is C17H20N4O5. The third kappa shape index (κ3) is 5.40. The SMILES string of the molecule is Cn1cc(N)nc1C(=O)CCCCC(=O)OCc1ccc([N+](=O)[O-])cc1. The molecule has 0 atom stereocenters. The van der Waals surface area contributed by atoms with Crippen LogP contribution in [0.3, 0.4) is 0 Å². The van der Waals surface area contributed by atoms with Crippen LogP contribution in [0.2, 0.25) is 0 Å². The molecule has 0 saturated heterocycles. The second-order valence-electron chi connectivity index (χ2n) is 5.81. The molecule has 0 aliphatic heterocycles. The number of rotatable bonds is 9. The number of esters is 1. The number of non-ortho nitro benzene ring substituents is 1. The number of nitrogen functional groups attached to an aromatic ring is 1. The van der Waals surface area contributed by atoms with Gasteiger partial charge in [0.25, 0.3) is 5.69 Å². The molecule has 0 spiro atoms. The molecule has 138 valence electrons. The van der Waals surface area contributed by atoms with Gasteiger partial charge in [-0.25, -0.2) is 4.98 Å². The lowest BCUT2D eigenvalue weighted by atomic mass is 10.1. The number of ether oxygens (including phenoxy) is 1. The van der Waals surface area contributed by atoms with Gasteiger partial charge >= 0.3 is 5.97 Å². The number of nitro groups is 1. The van der Waals surface area contributed by atoms with Crippen LogP contribution in [0.25, 0.3) is 0 Å². The topological polar surface area (TPSA) is 130 Å². The number of ketones is 1. The lowest BCUT2D eigenvalue weighted by Gasteiger charge is -2.05. The molecule has 0 aliphatic rings. The average molecular weight is 360 g/mol. The van der Waals surface area contributed by atoms with Gasteiger partial charge in [-0.05, 0) is 30.5 Å². The molecule has 0 aliphatic carbocycles. The molecular weight excluding hydrogens is 340 g/mol. The number of nitrogens with two attached hydrogens (primary N) is 1. The molecule has 1 aromatic heterocycles. The number of aryl methyl sites for hydroxylation is 1. The number of anilines is 1. The fourth-order valence-electron chi connectivity index (χ4n) is 2.37. The van der Waals surface area contributed by atoms with Crippen LogP contribution in [0.4, 0.5) is 11.5 Å². The lowest BCUT2D eigenvalue weighted by molar-refractivity contribution is -0.384. The fraction of sp³-hybridized carbons (Fsp3) is 0.353. The van der Waals surface area contributed by atoms with E-state index in [4.69, 9.17) is 10.5 Å². The molecule has 0 saturated carbocycles. The Kier molecular flexibility index (Phi) is 6.42. The van der Waals surface area contributed by atoms with Gasteiger partial charge in [0.2, 0.25) is 0 Å². The summed E-state index contributed by atoms with van der Waals surface area (Å²) in [6, 6.07) is 5.81. The Hall–Kier alpha value is -3.23. The summed E-state index contributed by atoms with van der Waals surface area (Å²) < 4.78 is 6.70. The highest BCUT2D eigenvalue weighted by molar-refractivity contribution is 5.93. The third-order valence-electron chi connectivity index (χ3n) is 3.73. The molecule has 2 aromatic rings. The van der Waals surface area contributed by atoms with Gasteiger partial charge in [0.15, 0.2) is 11.6 Å². The van der Waals surface area contributed by atoms with Crippen molar-refractivity contribution >= 4 is 23.3 Å². The molecule has 9 nitrogen and oxygen atoms in total. The highest BCUT2D eigenvalue weighted by atomic mass is 16.6. The van der Waals surface area contributed by atoms with Gasteiger partial charge < -0.3 is 15.0 Å². The predicted octanol–water partition coefficient (Wildman–Crippen LogP) is 2.40. The average Bonchev–Trinajstić information content (AvgIpc) is 2.95. The number of hydrogen-bond acceptors (Lipinski definition) is 7. The Labute approximate surface area is 149 Å². The van der Waals surface area contributed by atoms with Crippen molar-refractivity contribution in [1.29, 1.82) is 0 Å². The normalized spacial score (nSPS) is 10.5. The highest BCUT2D eigenvalue weighted by Crippen LogP contribution is 2.13. The number of unbranched alkanes of at least 4 members (excludes halogenated alkanes) is 1. The third-order valence-corrected chi connectivity index (χ3v) is 3.73. The molecule has 1 aromatic carbocycles. The van der Waals surface area contributed by atoms with E-state index in [2.05, 4.69) is 4.98 Å². The molecule has 1 heterocycles. The standard InChI is InChI=1S/C17H20N4O5/c1-20-10-15(18)19-17(20)14(22)4-2-3-5-16(23)26-11-12-6-8-13(9-7-12)21(24)25/h6-10H,2-5,11,18H2,1H3. The Morgan fingerprint density at radius 2 is 1.88 bits per heavy atom. The van der Waals surface area contributed by atoms with E-state index in [1.807, 2.05) is 0 Å². The van der Waals surface area contributed by atoms with Crippen molar-refractivity contribution in [3.63, 3.8) is 0 Å². The number of nitrogens with zero attached hydrogens (tertiary/aromatic N) is 3. The number of carbonyl (C=O) groups is 2. The summed E-state index contributed by atoms with van der Waals surface area (Å²) in [4.78, 5) is 37.8. The summed E-state index contributed by atoms with van der Waals surface area (Å²) in [5, 5.41) is 10.6. The van der Waals surface area contributed by atoms with Crippen molar-refractivity contribution in [1.82, 2.24) is 9.55 Å². The number of Topliss-reactive ketones (excluding diaryl/α,β-unsaturated/α-hetero) is 1. The minimum absolute atomic E-state index is 0.0146. The summed E-state index contributed by atoms with van der Waals surface area (Å²) in [5.41, 5.74) is 6.20. The van der Waals surface area contributed by atoms with E-state index in [-0.39, 0.29) is 36.9 Å². The number of imidazole rings is 1. The monoisotopic (exact) mass is 360 g/mol. The molecule has 0 radical (unpaired) electrons. The summed E-state index contributed by atoms with van der Waals surface area (Å²) in [5.74, 6) is 0.106. The second-order valence-corrected chi connectivity index (χ2v) is 5.81. The van der Waals surface area contributed by atoms with Crippen molar-refractivity contribution in [3.05, 3.63) is 52.0 Å². The second kappa shape index (κ2) is 8.75. The molecule has 0 unspecified atom stereocenters. The van der Waals surface area contributed by atoms with E-state index < -0.39 is 4.92 Å². The van der Waals surface area contributed by atoms with Gasteiger partial charge in [-0.1, -0.05) is 0 Å². The van der Waals surface area contributed by atoms with Crippen LogP contribution in [0.15, 0.2) is 30.5 Å². The number of nitro benzene ring substituents is 1. The van der Waals surface area contributed by atoms with Crippen molar-refractivity contribution in [3.8, 4) is 0 Å². The van der Waals surface area contributed by atoms with Gasteiger partial charge in [-0.2, -0.15) is 0 Å². The molecule has 2 rings (SSSR count). The Morgan fingerprint density at radius 3 is 2.46 bits per heavy atom. The molecule has 0 amide bonds. The van der Waals surface area contributed by atoms with Crippen molar-refractivity contribution in [2.45, 2.75) is 32.3 Å². The van der Waals surface area contributed by atoms with E-state index in [0.717, 1.165) is 0 Å². The lowest BCUT2D eigenvalue weighted by Crippen LogP contribution is -2.08. The Bertz CT molecular complexity index is 798. The van der Waals surface area contributed by atoms with Gasteiger partial charge in [-0.3, -0.25) is 19.7 Å². The zero-order valence-corrected chi connectivity index (χ0v) is 14.4. The Balaban J connectivity index is 1.66. The number of hydrogen-bond donors (Lipinski definition) is 1. The first-order chi connectivity index (χ1) is 12.4. The maximum absolute atomic E-state index is 12.0. The van der Waals surface area contributed by atoms with Gasteiger partial charge in [0.05, 0.1) is 4.92 Å². The first-order valence-electron chi connectivity index (χ1n) is 8.08. The van der Waals surface area contributed by atoms with E-state index >= 15 is 0 Å². The zero-order chi connectivity index (χ0) is 19.1. The smallest absolute Gasteiger partial charge is 0.306 e.